The summed E-state index contributed by atoms with van der Waals surface area (Å²) in [5, 5.41) is 0.680. The van der Waals surface area contributed by atoms with Gasteiger partial charge in [0.15, 0.2) is 5.13 Å². The van der Waals surface area contributed by atoms with Crippen molar-refractivity contribution in [3.8, 4) is 5.75 Å². The maximum atomic E-state index is 13.3. The number of para-hydroxylation sites is 1. The number of benzene rings is 2. The van der Waals surface area contributed by atoms with Gasteiger partial charge in [0.1, 0.15) is 11.3 Å². The van der Waals surface area contributed by atoms with Gasteiger partial charge in [-0.3, -0.25) is 14.7 Å². The highest BCUT2D eigenvalue weighted by molar-refractivity contribution is 7.99. The lowest BCUT2D eigenvalue weighted by Gasteiger charge is -2.19. The van der Waals surface area contributed by atoms with Crippen LogP contribution in [0.1, 0.15) is 31.0 Å². The smallest absolute Gasteiger partial charge is 0.229 e. The van der Waals surface area contributed by atoms with Crippen LogP contribution in [0.25, 0.3) is 10.2 Å². The molecule has 0 saturated carbocycles. The summed E-state index contributed by atoms with van der Waals surface area (Å²) in [6.45, 7) is 5.01. The number of aromatic nitrogens is 2. The van der Waals surface area contributed by atoms with Crippen molar-refractivity contribution in [2.75, 3.05) is 17.3 Å². The molecule has 0 N–H and O–H groups in total. The van der Waals surface area contributed by atoms with Crippen LogP contribution in [0.3, 0.4) is 0 Å². The molecule has 1 amide bonds. The van der Waals surface area contributed by atoms with Crippen molar-refractivity contribution >= 4 is 44.4 Å². The minimum atomic E-state index is 0.0576. The molecular formula is C26H27N3O2S2. The van der Waals surface area contributed by atoms with Crippen molar-refractivity contribution in [1.29, 1.82) is 0 Å². The first-order valence-electron chi connectivity index (χ1n) is 11.1. The van der Waals surface area contributed by atoms with Crippen LogP contribution >= 0.6 is 23.1 Å². The summed E-state index contributed by atoms with van der Waals surface area (Å²) < 4.78 is 6.75. The van der Waals surface area contributed by atoms with Gasteiger partial charge in [-0.1, -0.05) is 41.2 Å². The Kier molecular flexibility index (Phi) is 7.96. The third-order valence-corrected chi connectivity index (χ3v) is 7.22. The Bertz CT molecular complexity index is 1190. The predicted octanol–water partition coefficient (Wildman–Crippen LogP) is 6.50. The maximum absolute atomic E-state index is 13.3. The van der Waals surface area contributed by atoms with Gasteiger partial charge in [-0.25, -0.2) is 4.98 Å². The van der Waals surface area contributed by atoms with Gasteiger partial charge in [-0.2, -0.15) is 0 Å². The third-order valence-electron chi connectivity index (χ3n) is 5.07. The number of pyridine rings is 1. The monoisotopic (exact) mass is 477 g/mol. The Morgan fingerprint density at radius 2 is 1.94 bits per heavy atom. The fourth-order valence-corrected chi connectivity index (χ4v) is 5.25. The molecule has 4 aromatic rings. The van der Waals surface area contributed by atoms with Crippen LogP contribution in [-0.2, 0) is 11.3 Å². The van der Waals surface area contributed by atoms with E-state index in [2.05, 4.69) is 36.2 Å². The van der Waals surface area contributed by atoms with E-state index >= 15 is 0 Å². The molecule has 0 aliphatic rings. The van der Waals surface area contributed by atoms with Crippen molar-refractivity contribution in [2.45, 2.75) is 38.1 Å². The number of fused-ring (bicyclic) bond motifs is 1. The Labute approximate surface area is 202 Å². The summed E-state index contributed by atoms with van der Waals surface area (Å²) in [6.07, 6.45) is 3.01. The van der Waals surface area contributed by atoms with E-state index < -0.39 is 0 Å². The van der Waals surface area contributed by atoms with Crippen molar-refractivity contribution in [2.24, 2.45) is 0 Å². The Balaban J connectivity index is 1.49. The number of carbonyl (C=O) groups excluding carboxylic acids is 1. The molecule has 0 unspecified atom stereocenters. The number of nitrogens with zero attached hydrogens (tertiary/aromatic N) is 3. The standard InChI is InChI=1S/C26H27N3O2S2/c1-3-31-22-9-6-10-23-25(22)28-26(33-23)29(18-20-8-4-5-16-27-20)24(30)11-7-17-32-21-14-12-19(2)13-15-21/h4-6,8-10,12-16H,3,7,11,17-18H2,1-2H3. The fourth-order valence-electron chi connectivity index (χ4n) is 3.40. The fraction of sp³-hybridized carbons (Fsp3) is 0.269. The van der Waals surface area contributed by atoms with E-state index in [0.29, 0.717) is 24.7 Å². The van der Waals surface area contributed by atoms with E-state index in [1.54, 1.807) is 22.9 Å². The SMILES string of the molecule is CCOc1cccc2sc(N(Cc3ccccn3)C(=O)CCCSc3ccc(C)cc3)nc12. The van der Waals surface area contributed by atoms with Gasteiger partial charge in [-0.05, 0) is 62.4 Å². The number of hydrogen-bond acceptors (Lipinski definition) is 6. The summed E-state index contributed by atoms with van der Waals surface area (Å²) in [6, 6.07) is 20.1. The highest BCUT2D eigenvalue weighted by Gasteiger charge is 2.21. The number of amides is 1. The Morgan fingerprint density at radius 1 is 1.09 bits per heavy atom. The largest absolute Gasteiger partial charge is 0.492 e. The molecule has 7 heteroatoms. The third kappa shape index (κ3) is 6.12. The van der Waals surface area contributed by atoms with Crippen LogP contribution in [0.4, 0.5) is 5.13 Å². The second kappa shape index (κ2) is 11.3. The molecule has 5 nitrogen and oxygen atoms in total. The number of thioether (sulfide) groups is 1. The molecule has 0 atom stereocenters. The number of thiazole rings is 1. The van der Waals surface area contributed by atoms with Crippen LogP contribution in [0.2, 0.25) is 0 Å². The average molecular weight is 478 g/mol. The summed E-state index contributed by atoms with van der Waals surface area (Å²) in [4.78, 5) is 25.5. The van der Waals surface area contributed by atoms with E-state index in [1.165, 1.54) is 21.8 Å². The first kappa shape index (κ1) is 23.3. The normalized spacial score (nSPS) is 11.0. The average Bonchev–Trinajstić information content (AvgIpc) is 3.27. The second-order valence-electron chi connectivity index (χ2n) is 7.60. The van der Waals surface area contributed by atoms with Crippen LogP contribution in [0.15, 0.2) is 71.8 Å². The lowest BCUT2D eigenvalue weighted by Crippen LogP contribution is -2.30. The maximum Gasteiger partial charge on any atom is 0.229 e. The van der Waals surface area contributed by atoms with Gasteiger partial charge in [0.05, 0.1) is 23.5 Å². The van der Waals surface area contributed by atoms with E-state index in [-0.39, 0.29) is 5.91 Å². The molecule has 4 rings (SSSR count). The molecule has 2 heterocycles. The van der Waals surface area contributed by atoms with Crippen molar-refractivity contribution in [1.82, 2.24) is 9.97 Å². The van der Waals surface area contributed by atoms with Crippen LogP contribution in [0.5, 0.6) is 5.75 Å². The Hall–Kier alpha value is -2.90. The number of ether oxygens (including phenoxy) is 1. The van der Waals surface area contributed by atoms with Crippen LogP contribution < -0.4 is 9.64 Å². The molecule has 2 aromatic heterocycles. The zero-order valence-corrected chi connectivity index (χ0v) is 20.5. The van der Waals surface area contributed by atoms with Crippen molar-refractivity contribution in [3.05, 3.63) is 78.1 Å². The quantitative estimate of drug-likeness (QED) is 0.193. The lowest BCUT2D eigenvalue weighted by molar-refractivity contribution is -0.118. The minimum Gasteiger partial charge on any atom is -0.492 e. The molecule has 0 aliphatic heterocycles. The van der Waals surface area contributed by atoms with Crippen LogP contribution in [0, 0.1) is 6.92 Å². The zero-order valence-electron chi connectivity index (χ0n) is 18.9. The second-order valence-corrected chi connectivity index (χ2v) is 9.78. The summed E-state index contributed by atoms with van der Waals surface area (Å²) in [7, 11) is 0. The van der Waals surface area contributed by atoms with Gasteiger partial charge in [0.2, 0.25) is 5.91 Å². The van der Waals surface area contributed by atoms with Crippen molar-refractivity contribution in [3.63, 3.8) is 0 Å². The van der Waals surface area contributed by atoms with Crippen molar-refractivity contribution < 1.29 is 9.53 Å². The molecule has 33 heavy (non-hydrogen) atoms. The Morgan fingerprint density at radius 3 is 2.70 bits per heavy atom. The summed E-state index contributed by atoms with van der Waals surface area (Å²) in [5.41, 5.74) is 2.89. The number of carbonyl (C=O) groups is 1. The zero-order chi connectivity index (χ0) is 23.0. The van der Waals surface area contributed by atoms with Gasteiger partial charge < -0.3 is 4.74 Å². The number of hydrogen-bond donors (Lipinski definition) is 0. The lowest BCUT2D eigenvalue weighted by atomic mass is 10.2. The highest BCUT2D eigenvalue weighted by Crippen LogP contribution is 2.35. The molecule has 0 saturated heterocycles. The van der Waals surface area contributed by atoms with Gasteiger partial charge in [0, 0.05) is 17.5 Å². The topological polar surface area (TPSA) is 55.3 Å². The van der Waals surface area contributed by atoms with Crippen LogP contribution in [-0.4, -0.2) is 28.2 Å². The molecule has 2 aromatic carbocycles. The molecule has 0 fully saturated rings. The van der Waals surface area contributed by atoms with Gasteiger partial charge in [0.25, 0.3) is 0 Å². The van der Waals surface area contributed by atoms with E-state index in [4.69, 9.17) is 9.72 Å². The molecule has 0 aliphatic carbocycles. The molecule has 0 spiro atoms. The number of aryl methyl sites for hydroxylation is 1. The number of rotatable bonds is 10. The molecule has 0 radical (unpaired) electrons. The summed E-state index contributed by atoms with van der Waals surface area (Å²) in [5.74, 6) is 1.69. The minimum absolute atomic E-state index is 0.0576. The molecule has 170 valence electrons. The van der Waals surface area contributed by atoms with E-state index in [0.717, 1.165) is 33.8 Å². The molecular weight excluding hydrogens is 450 g/mol. The highest BCUT2D eigenvalue weighted by atomic mass is 32.2. The summed E-state index contributed by atoms with van der Waals surface area (Å²) >= 11 is 3.29. The van der Waals surface area contributed by atoms with Gasteiger partial charge >= 0.3 is 0 Å². The number of anilines is 1. The molecule has 0 bridgehead atoms. The van der Waals surface area contributed by atoms with E-state index in [9.17, 15) is 4.79 Å². The first-order valence-corrected chi connectivity index (χ1v) is 12.9. The first-order chi connectivity index (χ1) is 16.1. The predicted molar refractivity (Wildman–Crippen MR) is 137 cm³/mol. The van der Waals surface area contributed by atoms with Gasteiger partial charge in [-0.15, -0.1) is 11.8 Å². The van der Waals surface area contributed by atoms with E-state index in [1.807, 2.05) is 43.3 Å².